The van der Waals surface area contributed by atoms with E-state index in [9.17, 15) is 0 Å². The maximum atomic E-state index is 8.55. The van der Waals surface area contributed by atoms with Crippen molar-refractivity contribution in [2.45, 2.75) is 18.6 Å². The van der Waals surface area contributed by atoms with Crippen LogP contribution in [-0.4, -0.2) is 10.2 Å². The number of nitrogens with two attached hydrogens (primary N) is 1. The molecule has 88 valence electrons. The first kappa shape index (κ1) is 13.3. The van der Waals surface area contributed by atoms with E-state index in [-0.39, 0.29) is 5.17 Å². The molecule has 0 aliphatic rings. The summed E-state index contributed by atoms with van der Waals surface area (Å²) >= 11 is 1.27. The van der Waals surface area contributed by atoms with Crippen LogP contribution < -0.4 is 5.73 Å². The molecule has 0 fully saturated rings. The summed E-state index contributed by atoms with van der Waals surface area (Å²) in [5, 5.41) is 15.8. The van der Waals surface area contributed by atoms with E-state index in [1.807, 2.05) is 6.07 Å². The number of thioether (sulfide) groups is 1. The van der Waals surface area contributed by atoms with E-state index in [1.54, 1.807) is 12.4 Å². The Morgan fingerprint density at radius 2 is 2.41 bits per heavy atom. The summed E-state index contributed by atoms with van der Waals surface area (Å²) < 4.78 is 0. The van der Waals surface area contributed by atoms with Gasteiger partial charge in [-0.1, -0.05) is 18.3 Å². The number of amidine groups is 1. The fraction of sp³-hybridized carbons (Fsp3) is 0.250. The fourth-order valence-corrected chi connectivity index (χ4v) is 1.93. The summed E-state index contributed by atoms with van der Waals surface area (Å²) in [4.78, 5) is 4.06. The summed E-state index contributed by atoms with van der Waals surface area (Å²) in [5.41, 5.74) is 8.21. The van der Waals surface area contributed by atoms with Crippen molar-refractivity contribution in [3.8, 4) is 6.07 Å². The molecule has 17 heavy (non-hydrogen) atoms. The van der Waals surface area contributed by atoms with Crippen LogP contribution in [0, 0.1) is 16.7 Å². The molecule has 0 saturated carbocycles. The molecule has 0 radical (unpaired) electrons. The lowest BCUT2D eigenvalue weighted by Crippen LogP contribution is -2.04. The third-order valence-corrected chi connectivity index (χ3v) is 2.98. The summed E-state index contributed by atoms with van der Waals surface area (Å²) in [5.74, 6) is 0.624. The van der Waals surface area contributed by atoms with E-state index in [0.29, 0.717) is 18.6 Å². The van der Waals surface area contributed by atoms with Crippen molar-refractivity contribution in [2.75, 3.05) is 0 Å². The molecule has 0 aromatic carbocycles. The van der Waals surface area contributed by atoms with Gasteiger partial charge < -0.3 is 5.73 Å². The van der Waals surface area contributed by atoms with Gasteiger partial charge in [0.15, 0.2) is 5.17 Å². The zero-order valence-corrected chi connectivity index (χ0v) is 10.3. The van der Waals surface area contributed by atoms with Gasteiger partial charge in [-0.15, -0.1) is 0 Å². The summed E-state index contributed by atoms with van der Waals surface area (Å²) in [6.07, 6.45) is 4.54. The Morgan fingerprint density at radius 1 is 1.65 bits per heavy atom. The highest BCUT2D eigenvalue weighted by molar-refractivity contribution is 8.13. The van der Waals surface area contributed by atoms with Crippen molar-refractivity contribution in [2.24, 2.45) is 5.73 Å². The van der Waals surface area contributed by atoms with Gasteiger partial charge in [0.2, 0.25) is 0 Å². The van der Waals surface area contributed by atoms with Gasteiger partial charge in [0.1, 0.15) is 0 Å². The van der Waals surface area contributed by atoms with Crippen molar-refractivity contribution in [3.05, 3.63) is 36.2 Å². The average molecular weight is 246 g/mol. The third kappa shape index (κ3) is 4.29. The Hall–Kier alpha value is -1.80. The molecular weight excluding hydrogens is 232 g/mol. The number of nitrogens with zero attached hydrogens (tertiary/aromatic N) is 2. The van der Waals surface area contributed by atoms with Gasteiger partial charge in [0.05, 0.1) is 6.07 Å². The number of hydrogen-bond acceptors (Lipinski definition) is 4. The molecule has 0 spiro atoms. The van der Waals surface area contributed by atoms with Gasteiger partial charge in [0, 0.05) is 24.6 Å². The summed E-state index contributed by atoms with van der Waals surface area (Å²) in [6, 6.07) is 3.99. The lowest BCUT2D eigenvalue weighted by atomic mass is 10.0. The molecule has 1 heterocycles. The third-order valence-electron chi connectivity index (χ3n) is 2.21. The number of allylic oxidation sites excluding steroid dienone is 1. The van der Waals surface area contributed by atoms with Gasteiger partial charge in [-0.25, -0.2) is 0 Å². The molecule has 1 aromatic heterocycles. The van der Waals surface area contributed by atoms with Gasteiger partial charge >= 0.3 is 0 Å². The molecule has 5 heteroatoms. The van der Waals surface area contributed by atoms with E-state index in [4.69, 9.17) is 16.4 Å². The van der Waals surface area contributed by atoms with Crippen LogP contribution in [0.4, 0.5) is 0 Å². The van der Waals surface area contributed by atoms with Crippen molar-refractivity contribution in [3.63, 3.8) is 0 Å². The Kier molecular flexibility index (Phi) is 5.24. The normalized spacial score (nSPS) is 9.59. The lowest BCUT2D eigenvalue weighted by Gasteiger charge is -2.09. The zero-order valence-electron chi connectivity index (χ0n) is 9.44. The minimum absolute atomic E-state index is 0.0930. The minimum Gasteiger partial charge on any atom is -0.379 e. The first-order valence-electron chi connectivity index (χ1n) is 5.10. The molecule has 0 saturated heterocycles. The van der Waals surface area contributed by atoms with Crippen LogP contribution >= 0.6 is 11.8 Å². The van der Waals surface area contributed by atoms with Crippen molar-refractivity contribution < 1.29 is 0 Å². The van der Waals surface area contributed by atoms with Crippen LogP contribution in [0.25, 0.3) is 5.57 Å². The zero-order chi connectivity index (χ0) is 12.7. The van der Waals surface area contributed by atoms with E-state index < -0.39 is 0 Å². The maximum absolute atomic E-state index is 8.55. The Labute approximate surface area is 105 Å². The smallest absolute Gasteiger partial charge is 0.151 e. The van der Waals surface area contributed by atoms with E-state index in [2.05, 4.69) is 17.6 Å². The van der Waals surface area contributed by atoms with E-state index in [1.165, 1.54) is 11.8 Å². The monoisotopic (exact) mass is 246 g/mol. The van der Waals surface area contributed by atoms with Gasteiger partial charge in [0.25, 0.3) is 0 Å². The van der Waals surface area contributed by atoms with E-state index in [0.717, 1.165) is 16.7 Å². The summed E-state index contributed by atoms with van der Waals surface area (Å²) in [6.45, 7) is 3.96. The molecule has 0 amide bonds. The van der Waals surface area contributed by atoms with Crippen molar-refractivity contribution in [1.29, 1.82) is 10.7 Å². The SMILES string of the molecule is C=C(CCC#N)c1cnccc1CSC(=N)N. The van der Waals surface area contributed by atoms with Crippen molar-refractivity contribution in [1.82, 2.24) is 4.98 Å². The minimum atomic E-state index is 0.0930. The number of nitrogens with one attached hydrogen (secondary N) is 1. The number of nitriles is 1. The molecule has 0 aliphatic heterocycles. The summed E-state index contributed by atoms with van der Waals surface area (Å²) in [7, 11) is 0. The number of hydrogen-bond donors (Lipinski definition) is 2. The molecular formula is C12H14N4S. The largest absolute Gasteiger partial charge is 0.379 e. The van der Waals surface area contributed by atoms with Crippen molar-refractivity contribution >= 4 is 22.5 Å². The topological polar surface area (TPSA) is 86.5 Å². The second-order valence-corrected chi connectivity index (χ2v) is 4.46. The maximum Gasteiger partial charge on any atom is 0.151 e. The van der Waals surface area contributed by atoms with Crippen LogP contribution in [0.15, 0.2) is 25.0 Å². The highest BCUT2D eigenvalue weighted by Crippen LogP contribution is 2.24. The van der Waals surface area contributed by atoms with Crippen LogP contribution in [0.1, 0.15) is 24.0 Å². The second kappa shape index (κ2) is 6.71. The molecule has 0 bridgehead atoms. The molecule has 3 N–H and O–H groups in total. The molecule has 0 atom stereocenters. The number of aromatic nitrogens is 1. The Morgan fingerprint density at radius 3 is 3.06 bits per heavy atom. The number of rotatable bonds is 5. The number of pyridine rings is 1. The van der Waals surface area contributed by atoms with Gasteiger partial charge in [-0.3, -0.25) is 10.4 Å². The first-order chi connectivity index (χ1) is 8.15. The fourth-order valence-electron chi connectivity index (χ4n) is 1.36. The predicted octanol–water partition coefficient (Wildman–Crippen LogP) is 2.53. The average Bonchev–Trinajstić information content (AvgIpc) is 2.33. The molecule has 1 rings (SSSR count). The Balaban J connectivity index is 2.80. The molecule has 0 unspecified atom stereocenters. The quantitative estimate of drug-likeness (QED) is 0.617. The Bertz CT molecular complexity index is 462. The standard InChI is InChI=1S/C12H14N4S/c1-9(3-2-5-13)11-7-16-6-4-10(11)8-17-12(14)15/h4,6-7H,1-3,8H2,(H3,14,15). The van der Waals surface area contributed by atoms with Crippen LogP contribution in [-0.2, 0) is 5.75 Å². The second-order valence-electron chi connectivity index (χ2n) is 3.45. The molecule has 0 aliphatic carbocycles. The van der Waals surface area contributed by atoms with Gasteiger partial charge in [-0.2, -0.15) is 5.26 Å². The first-order valence-corrected chi connectivity index (χ1v) is 6.08. The highest BCUT2D eigenvalue weighted by Gasteiger charge is 2.06. The lowest BCUT2D eigenvalue weighted by molar-refractivity contribution is 1.07. The highest BCUT2D eigenvalue weighted by atomic mass is 32.2. The van der Waals surface area contributed by atoms with Crippen LogP contribution in [0.3, 0.4) is 0 Å². The van der Waals surface area contributed by atoms with Crippen LogP contribution in [0.2, 0.25) is 0 Å². The van der Waals surface area contributed by atoms with Gasteiger partial charge in [-0.05, 0) is 29.2 Å². The predicted molar refractivity (Wildman–Crippen MR) is 71.3 cm³/mol. The molecule has 1 aromatic rings. The molecule has 4 nitrogen and oxygen atoms in total. The van der Waals surface area contributed by atoms with Crippen LogP contribution in [0.5, 0.6) is 0 Å². The van der Waals surface area contributed by atoms with E-state index >= 15 is 0 Å².